The summed E-state index contributed by atoms with van der Waals surface area (Å²) in [5.74, 6) is -2.52. The highest BCUT2D eigenvalue weighted by atomic mass is 19.1. The Morgan fingerprint density at radius 2 is 1.95 bits per heavy atom. The molecule has 0 bridgehead atoms. The van der Waals surface area contributed by atoms with Crippen LogP contribution in [0.3, 0.4) is 0 Å². The summed E-state index contributed by atoms with van der Waals surface area (Å²) in [4.78, 5) is 23.4. The number of nitro benzene ring substituents is 1. The second-order valence-electron chi connectivity index (χ2n) is 5.42. The van der Waals surface area contributed by atoms with Crippen LogP contribution in [0.2, 0.25) is 0 Å². The average molecular weight is 296 g/mol. The van der Waals surface area contributed by atoms with E-state index < -0.39 is 28.0 Å². The number of aromatic carboxylic acids is 1. The topological polar surface area (TPSA) is 83.7 Å². The van der Waals surface area contributed by atoms with E-state index in [2.05, 4.69) is 0 Å². The van der Waals surface area contributed by atoms with E-state index in [4.69, 9.17) is 5.11 Å². The zero-order chi connectivity index (χ0) is 15.7. The molecule has 21 heavy (non-hydrogen) atoms. The third-order valence-electron chi connectivity index (χ3n) is 3.96. The number of carbonyl (C=O) groups is 1. The van der Waals surface area contributed by atoms with Gasteiger partial charge in [0.05, 0.1) is 16.6 Å². The number of nitro groups is 1. The van der Waals surface area contributed by atoms with Gasteiger partial charge in [-0.2, -0.15) is 0 Å². The van der Waals surface area contributed by atoms with E-state index in [1.807, 2.05) is 18.7 Å². The molecule has 0 amide bonds. The zero-order valence-electron chi connectivity index (χ0n) is 11.9. The molecule has 1 heterocycles. The summed E-state index contributed by atoms with van der Waals surface area (Å²) in [5, 5.41) is 20.2. The lowest BCUT2D eigenvalue weighted by molar-refractivity contribution is -0.384. The minimum atomic E-state index is -1.43. The number of hydrogen-bond donors (Lipinski definition) is 1. The van der Waals surface area contributed by atoms with Gasteiger partial charge < -0.3 is 10.0 Å². The fraction of sp³-hybridized carbons (Fsp3) is 0.500. The molecule has 7 heteroatoms. The van der Waals surface area contributed by atoms with Crippen molar-refractivity contribution in [2.24, 2.45) is 0 Å². The first kappa shape index (κ1) is 15.2. The van der Waals surface area contributed by atoms with Gasteiger partial charge in [0.2, 0.25) is 0 Å². The van der Waals surface area contributed by atoms with Crippen LogP contribution >= 0.6 is 0 Å². The van der Waals surface area contributed by atoms with Crippen LogP contribution < -0.4 is 4.90 Å². The van der Waals surface area contributed by atoms with Crippen LogP contribution in [0.15, 0.2) is 12.1 Å². The van der Waals surface area contributed by atoms with Crippen LogP contribution in [-0.4, -0.2) is 28.1 Å². The maximum absolute atomic E-state index is 13.7. The molecule has 0 radical (unpaired) electrons. The van der Waals surface area contributed by atoms with E-state index in [9.17, 15) is 19.3 Å². The maximum atomic E-state index is 13.7. The fourth-order valence-corrected chi connectivity index (χ4v) is 2.96. The molecule has 6 nitrogen and oxygen atoms in total. The lowest BCUT2D eigenvalue weighted by Gasteiger charge is -2.40. The Labute approximate surface area is 121 Å². The normalized spacial score (nSPS) is 22.1. The van der Waals surface area contributed by atoms with Gasteiger partial charge in [-0.25, -0.2) is 9.18 Å². The number of halogens is 1. The summed E-state index contributed by atoms with van der Waals surface area (Å²) in [6.45, 7) is 3.87. The van der Waals surface area contributed by atoms with E-state index in [0.717, 1.165) is 25.3 Å². The number of carboxylic acid groups (broad SMARTS) is 1. The van der Waals surface area contributed by atoms with Crippen LogP contribution in [0.5, 0.6) is 0 Å². The first-order valence-electron chi connectivity index (χ1n) is 6.82. The van der Waals surface area contributed by atoms with Crippen molar-refractivity contribution in [3.63, 3.8) is 0 Å². The van der Waals surface area contributed by atoms with E-state index in [1.54, 1.807) is 0 Å². The van der Waals surface area contributed by atoms with Gasteiger partial charge in [-0.3, -0.25) is 10.1 Å². The molecular weight excluding hydrogens is 279 g/mol. The van der Waals surface area contributed by atoms with Crippen LogP contribution in [0.4, 0.5) is 15.8 Å². The predicted octanol–water partition coefficient (Wildman–Crippen LogP) is 3.20. The molecular formula is C14H17FN2O4. The molecule has 1 aliphatic rings. The molecule has 1 aromatic rings. The molecule has 0 saturated carbocycles. The minimum absolute atomic E-state index is 0.0413. The molecule has 0 spiro atoms. The molecule has 0 aliphatic carbocycles. The summed E-state index contributed by atoms with van der Waals surface area (Å²) in [6, 6.07) is 1.86. The Bertz CT molecular complexity index is 581. The Morgan fingerprint density at radius 1 is 1.38 bits per heavy atom. The number of piperidine rings is 1. The average Bonchev–Trinajstić information content (AvgIpc) is 2.39. The van der Waals surface area contributed by atoms with Crippen molar-refractivity contribution in [2.75, 3.05) is 4.90 Å². The second kappa shape index (κ2) is 5.67. The van der Waals surface area contributed by atoms with Crippen molar-refractivity contribution in [1.29, 1.82) is 0 Å². The zero-order valence-corrected chi connectivity index (χ0v) is 11.9. The van der Waals surface area contributed by atoms with Gasteiger partial charge in [0.1, 0.15) is 11.5 Å². The molecule has 1 aromatic carbocycles. The molecule has 2 atom stereocenters. The lowest BCUT2D eigenvalue weighted by atomic mass is 9.95. The molecule has 1 N–H and O–H groups in total. The Kier molecular flexibility index (Phi) is 4.11. The summed E-state index contributed by atoms with van der Waals surface area (Å²) in [5.41, 5.74) is -0.753. The second-order valence-corrected chi connectivity index (χ2v) is 5.42. The lowest BCUT2D eigenvalue weighted by Crippen LogP contribution is -2.44. The van der Waals surface area contributed by atoms with Gasteiger partial charge in [0.15, 0.2) is 0 Å². The van der Waals surface area contributed by atoms with E-state index in [0.29, 0.717) is 6.07 Å². The molecule has 114 valence electrons. The third kappa shape index (κ3) is 2.81. The standard InChI is InChI=1S/C14H17FN2O4/c1-8-4-3-5-9(2)16(8)12-6-10(14(18)19)11(15)7-13(12)17(20)21/h6-9H,3-5H2,1-2H3,(H,18,19). The summed E-state index contributed by atoms with van der Waals surface area (Å²) in [6.07, 6.45) is 2.74. The quantitative estimate of drug-likeness (QED) is 0.684. The van der Waals surface area contributed by atoms with Gasteiger partial charge in [-0.05, 0) is 39.2 Å². The molecule has 2 unspecified atom stereocenters. The van der Waals surface area contributed by atoms with Crippen LogP contribution in [0.25, 0.3) is 0 Å². The monoisotopic (exact) mass is 296 g/mol. The number of rotatable bonds is 3. The summed E-state index contributed by atoms with van der Waals surface area (Å²) < 4.78 is 13.7. The van der Waals surface area contributed by atoms with E-state index in [-0.39, 0.29) is 17.8 Å². The predicted molar refractivity (Wildman–Crippen MR) is 75.3 cm³/mol. The van der Waals surface area contributed by atoms with Crippen LogP contribution in [-0.2, 0) is 0 Å². The highest BCUT2D eigenvalue weighted by molar-refractivity contribution is 5.90. The van der Waals surface area contributed by atoms with Gasteiger partial charge in [0, 0.05) is 12.1 Å². The van der Waals surface area contributed by atoms with Crippen molar-refractivity contribution in [3.8, 4) is 0 Å². The number of nitrogens with zero attached hydrogens (tertiary/aromatic N) is 2. The molecule has 1 fully saturated rings. The molecule has 1 aliphatic heterocycles. The first-order chi connectivity index (χ1) is 9.82. The van der Waals surface area contributed by atoms with Crippen LogP contribution in [0.1, 0.15) is 43.5 Å². The smallest absolute Gasteiger partial charge is 0.338 e. The number of hydrogen-bond acceptors (Lipinski definition) is 4. The molecule has 0 aromatic heterocycles. The summed E-state index contributed by atoms with van der Waals surface area (Å²) >= 11 is 0. The molecule has 2 rings (SSSR count). The Morgan fingerprint density at radius 3 is 2.43 bits per heavy atom. The summed E-state index contributed by atoms with van der Waals surface area (Å²) in [7, 11) is 0. The van der Waals surface area contributed by atoms with Crippen molar-refractivity contribution in [1.82, 2.24) is 0 Å². The van der Waals surface area contributed by atoms with Gasteiger partial charge in [0.25, 0.3) is 5.69 Å². The highest BCUT2D eigenvalue weighted by Gasteiger charge is 2.32. The largest absolute Gasteiger partial charge is 0.478 e. The molecule has 1 saturated heterocycles. The fourth-order valence-electron chi connectivity index (χ4n) is 2.96. The SMILES string of the molecule is CC1CCCC(C)N1c1cc(C(=O)O)c(F)cc1[N+](=O)[O-]. The van der Waals surface area contributed by atoms with Crippen LogP contribution in [0, 0.1) is 15.9 Å². The Balaban J connectivity index is 2.61. The first-order valence-corrected chi connectivity index (χ1v) is 6.82. The maximum Gasteiger partial charge on any atom is 0.338 e. The number of anilines is 1. The van der Waals surface area contributed by atoms with Crippen molar-refractivity contribution in [3.05, 3.63) is 33.6 Å². The van der Waals surface area contributed by atoms with E-state index in [1.165, 1.54) is 0 Å². The Hall–Kier alpha value is -2.18. The minimum Gasteiger partial charge on any atom is -0.478 e. The third-order valence-corrected chi connectivity index (χ3v) is 3.96. The van der Waals surface area contributed by atoms with Crippen molar-refractivity contribution in [2.45, 2.75) is 45.2 Å². The van der Waals surface area contributed by atoms with Gasteiger partial charge in [-0.1, -0.05) is 0 Å². The van der Waals surface area contributed by atoms with Gasteiger partial charge >= 0.3 is 5.97 Å². The van der Waals surface area contributed by atoms with Gasteiger partial charge in [-0.15, -0.1) is 0 Å². The number of benzene rings is 1. The van der Waals surface area contributed by atoms with Crippen molar-refractivity contribution >= 4 is 17.3 Å². The number of carboxylic acids is 1. The van der Waals surface area contributed by atoms with Crippen molar-refractivity contribution < 1.29 is 19.2 Å². The van der Waals surface area contributed by atoms with E-state index >= 15 is 0 Å². The highest BCUT2D eigenvalue weighted by Crippen LogP contribution is 2.37.